The zero-order valence-corrected chi connectivity index (χ0v) is 12.1. The lowest BCUT2D eigenvalue weighted by Gasteiger charge is -2.15. The van der Waals surface area contributed by atoms with Crippen molar-refractivity contribution >= 4 is 5.97 Å². The molecule has 0 radical (unpaired) electrons. The Morgan fingerprint density at radius 3 is 2.95 bits per heavy atom. The van der Waals surface area contributed by atoms with Crippen LogP contribution >= 0.6 is 0 Å². The molecule has 116 valence electrons. The maximum atomic E-state index is 10.8. The first-order chi connectivity index (χ1) is 10.1. The Morgan fingerprint density at radius 1 is 1.52 bits per heavy atom. The number of hydrogen-bond acceptors (Lipinski definition) is 5. The molecular weight excluding hydrogens is 274 g/mol. The van der Waals surface area contributed by atoms with Gasteiger partial charge in [-0.2, -0.15) is 0 Å². The smallest absolute Gasteiger partial charge is 0.320 e. The van der Waals surface area contributed by atoms with Gasteiger partial charge in [0.15, 0.2) is 11.5 Å². The molecule has 1 aliphatic rings. The zero-order chi connectivity index (χ0) is 15.2. The lowest BCUT2D eigenvalue weighted by Crippen LogP contribution is -2.32. The molecule has 0 aliphatic carbocycles. The van der Waals surface area contributed by atoms with Crippen LogP contribution in [0.3, 0.4) is 0 Å². The van der Waals surface area contributed by atoms with Crippen LogP contribution in [0.25, 0.3) is 0 Å². The number of nitrogens with two attached hydrogens (primary N) is 1. The van der Waals surface area contributed by atoms with Crippen molar-refractivity contribution in [3.63, 3.8) is 0 Å². The molecule has 6 heteroatoms. The van der Waals surface area contributed by atoms with Crippen LogP contribution in [0.5, 0.6) is 11.5 Å². The van der Waals surface area contributed by atoms with Crippen LogP contribution in [0, 0.1) is 0 Å². The van der Waals surface area contributed by atoms with Crippen molar-refractivity contribution in [1.82, 2.24) is 0 Å². The van der Waals surface area contributed by atoms with Gasteiger partial charge < -0.3 is 25.1 Å². The number of carboxylic acids is 1. The highest BCUT2D eigenvalue weighted by Crippen LogP contribution is 2.29. The molecule has 0 bridgehead atoms. The number of benzene rings is 1. The third kappa shape index (κ3) is 4.34. The van der Waals surface area contributed by atoms with E-state index in [0.717, 1.165) is 25.0 Å². The van der Waals surface area contributed by atoms with E-state index in [0.29, 0.717) is 18.1 Å². The number of carboxylic acid groups (broad SMARTS) is 1. The lowest BCUT2D eigenvalue weighted by atomic mass is 10.1. The number of rotatable bonds is 7. The van der Waals surface area contributed by atoms with Crippen LogP contribution in [0.2, 0.25) is 0 Å². The normalized spacial score (nSPS) is 19.2. The van der Waals surface area contributed by atoms with Crippen LogP contribution in [0.4, 0.5) is 0 Å². The summed E-state index contributed by atoms with van der Waals surface area (Å²) in [6.45, 7) is 1.28. The van der Waals surface area contributed by atoms with Gasteiger partial charge in [-0.1, -0.05) is 6.07 Å². The summed E-state index contributed by atoms with van der Waals surface area (Å²) in [5.41, 5.74) is 6.33. The summed E-state index contributed by atoms with van der Waals surface area (Å²) in [5.74, 6) is 0.177. The molecule has 6 nitrogen and oxygen atoms in total. The number of aliphatic carboxylic acids is 1. The number of carbonyl (C=O) groups is 1. The molecule has 1 saturated heterocycles. The van der Waals surface area contributed by atoms with Crippen molar-refractivity contribution in [1.29, 1.82) is 0 Å². The maximum Gasteiger partial charge on any atom is 0.320 e. The highest BCUT2D eigenvalue weighted by molar-refractivity contribution is 5.73. The van der Waals surface area contributed by atoms with Crippen molar-refractivity contribution in [3.8, 4) is 11.5 Å². The molecule has 1 heterocycles. The molecule has 2 rings (SSSR count). The monoisotopic (exact) mass is 295 g/mol. The molecule has 1 fully saturated rings. The van der Waals surface area contributed by atoms with E-state index in [2.05, 4.69) is 0 Å². The first kappa shape index (κ1) is 15.6. The summed E-state index contributed by atoms with van der Waals surface area (Å²) in [4.78, 5) is 10.8. The molecule has 0 aromatic heterocycles. The Balaban J connectivity index is 1.99. The van der Waals surface area contributed by atoms with E-state index in [4.69, 9.17) is 25.1 Å². The van der Waals surface area contributed by atoms with Crippen molar-refractivity contribution in [2.24, 2.45) is 5.73 Å². The van der Waals surface area contributed by atoms with Gasteiger partial charge in [0.25, 0.3) is 0 Å². The summed E-state index contributed by atoms with van der Waals surface area (Å²) >= 11 is 0. The first-order valence-corrected chi connectivity index (χ1v) is 7.00. The van der Waals surface area contributed by atoms with E-state index in [1.54, 1.807) is 25.3 Å². The molecule has 3 N–H and O–H groups in total. The fourth-order valence-electron chi connectivity index (χ4n) is 2.26. The predicted molar refractivity (Wildman–Crippen MR) is 76.8 cm³/mol. The Bertz CT molecular complexity index is 485. The second kappa shape index (κ2) is 7.28. The average Bonchev–Trinajstić information content (AvgIpc) is 2.98. The van der Waals surface area contributed by atoms with Crippen molar-refractivity contribution in [2.75, 3.05) is 20.3 Å². The van der Waals surface area contributed by atoms with Crippen LogP contribution in [0.1, 0.15) is 18.4 Å². The molecule has 21 heavy (non-hydrogen) atoms. The molecule has 1 aromatic carbocycles. The van der Waals surface area contributed by atoms with Crippen LogP contribution in [-0.2, 0) is 16.0 Å². The molecular formula is C15H21NO5. The predicted octanol–water partition coefficient (Wildman–Crippen LogP) is 1.21. The summed E-state index contributed by atoms with van der Waals surface area (Å²) in [5, 5.41) is 8.84. The minimum absolute atomic E-state index is 0.134. The number of methoxy groups -OCH3 is 1. The van der Waals surface area contributed by atoms with Gasteiger partial charge in [-0.25, -0.2) is 0 Å². The summed E-state index contributed by atoms with van der Waals surface area (Å²) in [7, 11) is 1.55. The third-order valence-corrected chi connectivity index (χ3v) is 3.45. The van der Waals surface area contributed by atoms with Gasteiger partial charge in [0.1, 0.15) is 12.6 Å². The van der Waals surface area contributed by atoms with E-state index in [-0.39, 0.29) is 12.5 Å². The Labute approximate surface area is 123 Å². The van der Waals surface area contributed by atoms with Gasteiger partial charge in [0.2, 0.25) is 0 Å². The largest absolute Gasteiger partial charge is 0.493 e. The number of hydrogen-bond donors (Lipinski definition) is 2. The molecule has 1 aliphatic heterocycles. The highest BCUT2D eigenvalue weighted by Gasteiger charge is 2.18. The van der Waals surface area contributed by atoms with E-state index in [9.17, 15) is 4.79 Å². The third-order valence-electron chi connectivity index (χ3n) is 3.45. The second-order valence-corrected chi connectivity index (χ2v) is 5.08. The molecule has 0 amide bonds. The van der Waals surface area contributed by atoms with Crippen LogP contribution < -0.4 is 15.2 Å². The Morgan fingerprint density at radius 2 is 2.33 bits per heavy atom. The van der Waals surface area contributed by atoms with Crippen LogP contribution in [-0.4, -0.2) is 43.5 Å². The van der Waals surface area contributed by atoms with Gasteiger partial charge >= 0.3 is 5.97 Å². The van der Waals surface area contributed by atoms with Crippen molar-refractivity contribution in [3.05, 3.63) is 23.8 Å². The van der Waals surface area contributed by atoms with Crippen LogP contribution in [0.15, 0.2) is 18.2 Å². The van der Waals surface area contributed by atoms with Gasteiger partial charge in [-0.3, -0.25) is 4.79 Å². The molecule has 2 atom stereocenters. The van der Waals surface area contributed by atoms with Crippen molar-refractivity contribution in [2.45, 2.75) is 31.4 Å². The number of ether oxygens (including phenoxy) is 3. The van der Waals surface area contributed by atoms with E-state index < -0.39 is 12.0 Å². The van der Waals surface area contributed by atoms with Crippen molar-refractivity contribution < 1.29 is 24.1 Å². The summed E-state index contributed by atoms with van der Waals surface area (Å²) < 4.78 is 16.5. The summed E-state index contributed by atoms with van der Waals surface area (Å²) in [6, 6.07) is 4.41. The second-order valence-electron chi connectivity index (χ2n) is 5.08. The minimum atomic E-state index is -1.02. The standard InChI is InChI=1S/C15H21NO5/c1-19-14-8-10(7-12(16)15(17)18)4-5-13(14)21-9-11-3-2-6-20-11/h4-5,8,11-12H,2-3,6-7,9,16H2,1H3,(H,17,18). The fraction of sp³-hybridized carbons (Fsp3) is 0.533. The van der Waals surface area contributed by atoms with Gasteiger partial charge in [-0.15, -0.1) is 0 Å². The maximum absolute atomic E-state index is 10.8. The average molecular weight is 295 g/mol. The first-order valence-electron chi connectivity index (χ1n) is 7.00. The Kier molecular flexibility index (Phi) is 5.41. The molecule has 0 saturated carbocycles. The zero-order valence-electron chi connectivity index (χ0n) is 12.1. The quantitative estimate of drug-likeness (QED) is 0.785. The lowest BCUT2D eigenvalue weighted by molar-refractivity contribution is -0.138. The fourth-order valence-corrected chi connectivity index (χ4v) is 2.26. The molecule has 1 aromatic rings. The van der Waals surface area contributed by atoms with E-state index >= 15 is 0 Å². The molecule has 2 unspecified atom stereocenters. The highest BCUT2D eigenvalue weighted by atomic mass is 16.5. The minimum Gasteiger partial charge on any atom is -0.493 e. The Hall–Kier alpha value is -1.79. The van der Waals surface area contributed by atoms with Gasteiger partial charge in [0.05, 0.1) is 13.2 Å². The van der Waals surface area contributed by atoms with E-state index in [1.165, 1.54) is 0 Å². The summed E-state index contributed by atoms with van der Waals surface area (Å²) in [6.07, 6.45) is 2.46. The topological polar surface area (TPSA) is 91.0 Å². The van der Waals surface area contributed by atoms with E-state index in [1.807, 2.05) is 0 Å². The van der Waals surface area contributed by atoms with Gasteiger partial charge in [0, 0.05) is 6.61 Å². The van der Waals surface area contributed by atoms with Gasteiger partial charge in [-0.05, 0) is 37.0 Å². The SMILES string of the molecule is COc1cc(CC(N)C(=O)O)ccc1OCC1CCCO1. The molecule has 0 spiro atoms.